The highest BCUT2D eigenvalue weighted by atomic mass is 35.5. The van der Waals surface area contributed by atoms with Crippen molar-refractivity contribution in [3.8, 4) is 0 Å². The van der Waals surface area contributed by atoms with Crippen molar-refractivity contribution in [2.24, 2.45) is 0 Å². The van der Waals surface area contributed by atoms with Gasteiger partial charge in [0.2, 0.25) is 0 Å². The van der Waals surface area contributed by atoms with Gasteiger partial charge in [-0.15, -0.1) is 0 Å². The molecule has 0 unspecified atom stereocenters. The molecule has 24 heavy (non-hydrogen) atoms. The number of benzene rings is 1. The Bertz CT molecular complexity index is 951. The Hall–Kier alpha value is -2.73. The normalized spacial score (nSPS) is 10.8. The molecular formula is C17H14ClN3O3. The third-order valence-corrected chi connectivity index (χ3v) is 3.74. The average Bonchev–Trinajstić information content (AvgIpc) is 2.59. The second-order valence-corrected chi connectivity index (χ2v) is 5.63. The Morgan fingerprint density at radius 1 is 1.21 bits per heavy atom. The number of aromatic nitrogens is 3. The predicted octanol–water partition coefficient (Wildman–Crippen LogP) is 2.50. The molecule has 0 amide bonds. The quantitative estimate of drug-likeness (QED) is 0.537. The largest absolute Gasteiger partial charge is 0.459 e. The molecule has 0 fully saturated rings. The zero-order valence-electron chi connectivity index (χ0n) is 12.9. The van der Waals surface area contributed by atoms with Crippen LogP contribution in [-0.4, -0.2) is 20.7 Å². The molecule has 2 heterocycles. The third kappa shape index (κ3) is 3.44. The van der Waals surface area contributed by atoms with Gasteiger partial charge in [0.15, 0.2) is 0 Å². The summed E-state index contributed by atoms with van der Waals surface area (Å²) >= 11 is 5.70. The lowest BCUT2D eigenvalue weighted by atomic mass is 10.1. The zero-order chi connectivity index (χ0) is 17.1. The van der Waals surface area contributed by atoms with Crippen molar-refractivity contribution >= 4 is 28.3 Å². The Morgan fingerprint density at radius 2 is 1.96 bits per heavy atom. The van der Waals surface area contributed by atoms with Crippen molar-refractivity contribution in [2.75, 3.05) is 0 Å². The molecule has 122 valence electrons. The number of carbonyl (C=O) groups excluding carboxylic acids is 1. The number of hydrogen-bond donors (Lipinski definition) is 0. The topological polar surface area (TPSA) is 74.1 Å². The minimum Gasteiger partial charge on any atom is -0.459 e. The van der Waals surface area contributed by atoms with Crippen LogP contribution in [0.25, 0.3) is 10.8 Å². The van der Waals surface area contributed by atoms with Crippen LogP contribution in [0.2, 0.25) is 5.15 Å². The second kappa shape index (κ2) is 6.80. The standard InChI is InChI=1S/C17H14ClN3O3/c1-11-13-4-2-3-5-14(13)17(23)21(20-11)9-16(22)24-10-12-6-7-15(18)19-8-12/h2-8H,9-10H2,1H3. The van der Waals surface area contributed by atoms with Crippen molar-refractivity contribution in [1.82, 2.24) is 14.8 Å². The zero-order valence-corrected chi connectivity index (χ0v) is 13.7. The van der Waals surface area contributed by atoms with Gasteiger partial charge < -0.3 is 4.74 Å². The summed E-state index contributed by atoms with van der Waals surface area (Å²) in [6.07, 6.45) is 1.53. The molecule has 3 rings (SSSR count). The summed E-state index contributed by atoms with van der Waals surface area (Å²) in [7, 11) is 0. The molecule has 1 aromatic carbocycles. The Balaban J connectivity index is 1.75. The molecule has 0 atom stereocenters. The number of pyridine rings is 1. The summed E-state index contributed by atoms with van der Waals surface area (Å²) in [6, 6.07) is 10.5. The van der Waals surface area contributed by atoms with E-state index in [1.54, 1.807) is 31.2 Å². The lowest BCUT2D eigenvalue weighted by Gasteiger charge is -2.09. The number of ether oxygens (including phenoxy) is 1. The number of aryl methyl sites for hydroxylation is 1. The molecule has 0 saturated carbocycles. The highest BCUT2D eigenvalue weighted by molar-refractivity contribution is 6.29. The first kappa shape index (κ1) is 16.1. The van der Waals surface area contributed by atoms with Gasteiger partial charge in [-0.05, 0) is 19.1 Å². The first-order valence-corrected chi connectivity index (χ1v) is 7.65. The maximum absolute atomic E-state index is 12.4. The van der Waals surface area contributed by atoms with Gasteiger partial charge in [0, 0.05) is 17.1 Å². The van der Waals surface area contributed by atoms with Crippen LogP contribution in [0.3, 0.4) is 0 Å². The maximum Gasteiger partial charge on any atom is 0.328 e. The number of fused-ring (bicyclic) bond motifs is 1. The number of nitrogens with zero attached hydrogens (tertiary/aromatic N) is 3. The molecule has 0 aliphatic carbocycles. The molecule has 7 heteroatoms. The van der Waals surface area contributed by atoms with E-state index in [0.717, 1.165) is 10.1 Å². The Labute approximate surface area is 142 Å². The molecule has 0 saturated heterocycles. The molecule has 0 aliphatic rings. The van der Waals surface area contributed by atoms with E-state index in [-0.39, 0.29) is 18.7 Å². The molecule has 0 N–H and O–H groups in total. The van der Waals surface area contributed by atoms with Crippen molar-refractivity contribution in [1.29, 1.82) is 0 Å². The minimum atomic E-state index is -0.547. The molecule has 0 radical (unpaired) electrons. The number of halogens is 1. The van der Waals surface area contributed by atoms with Crippen LogP contribution in [0.1, 0.15) is 11.3 Å². The molecule has 6 nitrogen and oxygen atoms in total. The van der Waals surface area contributed by atoms with Crippen molar-refractivity contribution in [2.45, 2.75) is 20.1 Å². The summed E-state index contributed by atoms with van der Waals surface area (Å²) in [5.41, 5.74) is 1.07. The molecule has 0 bridgehead atoms. The first-order chi connectivity index (χ1) is 11.5. The number of esters is 1. The van der Waals surface area contributed by atoms with Gasteiger partial charge in [0.05, 0.1) is 11.1 Å². The van der Waals surface area contributed by atoms with E-state index < -0.39 is 5.97 Å². The molecule has 3 aromatic rings. The number of rotatable bonds is 4. The predicted molar refractivity (Wildman–Crippen MR) is 89.8 cm³/mol. The van der Waals surface area contributed by atoms with Gasteiger partial charge in [0.25, 0.3) is 5.56 Å². The van der Waals surface area contributed by atoms with Crippen LogP contribution in [0.5, 0.6) is 0 Å². The van der Waals surface area contributed by atoms with Gasteiger partial charge in [-0.3, -0.25) is 9.59 Å². The van der Waals surface area contributed by atoms with E-state index in [9.17, 15) is 9.59 Å². The summed E-state index contributed by atoms with van der Waals surface area (Å²) < 4.78 is 6.28. The summed E-state index contributed by atoms with van der Waals surface area (Å²) in [6.45, 7) is 1.61. The van der Waals surface area contributed by atoms with E-state index in [1.165, 1.54) is 6.20 Å². The fourth-order valence-electron chi connectivity index (χ4n) is 2.34. The Kier molecular flexibility index (Phi) is 4.57. The van der Waals surface area contributed by atoms with Crippen molar-refractivity contribution < 1.29 is 9.53 Å². The molecule has 0 spiro atoms. The van der Waals surface area contributed by atoms with Gasteiger partial charge in [-0.25, -0.2) is 9.67 Å². The van der Waals surface area contributed by atoms with Crippen LogP contribution in [-0.2, 0) is 22.7 Å². The molecule has 0 aliphatic heterocycles. The lowest BCUT2D eigenvalue weighted by Crippen LogP contribution is -2.28. The summed E-state index contributed by atoms with van der Waals surface area (Å²) in [5.74, 6) is -0.547. The van der Waals surface area contributed by atoms with E-state index in [4.69, 9.17) is 16.3 Å². The smallest absolute Gasteiger partial charge is 0.328 e. The fraction of sp³-hybridized carbons (Fsp3) is 0.176. The van der Waals surface area contributed by atoms with Gasteiger partial charge in [-0.1, -0.05) is 35.9 Å². The monoisotopic (exact) mass is 343 g/mol. The molecule has 2 aromatic heterocycles. The average molecular weight is 344 g/mol. The molecular weight excluding hydrogens is 330 g/mol. The van der Waals surface area contributed by atoms with Crippen molar-refractivity contribution in [3.63, 3.8) is 0 Å². The van der Waals surface area contributed by atoms with Crippen LogP contribution in [0.15, 0.2) is 47.4 Å². The minimum absolute atomic E-state index is 0.0598. The SMILES string of the molecule is Cc1nn(CC(=O)OCc2ccc(Cl)nc2)c(=O)c2ccccc12. The highest BCUT2D eigenvalue weighted by Crippen LogP contribution is 2.12. The van der Waals surface area contributed by atoms with Crippen LogP contribution < -0.4 is 5.56 Å². The Morgan fingerprint density at radius 3 is 2.67 bits per heavy atom. The third-order valence-electron chi connectivity index (χ3n) is 3.52. The number of carbonyl (C=O) groups is 1. The van der Waals surface area contributed by atoms with E-state index in [2.05, 4.69) is 10.1 Å². The van der Waals surface area contributed by atoms with Gasteiger partial charge >= 0.3 is 5.97 Å². The highest BCUT2D eigenvalue weighted by Gasteiger charge is 2.11. The maximum atomic E-state index is 12.4. The van der Waals surface area contributed by atoms with Crippen LogP contribution >= 0.6 is 11.6 Å². The number of hydrogen-bond acceptors (Lipinski definition) is 5. The van der Waals surface area contributed by atoms with Gasteiger partial charge in [0.1, 0.15) is 18.3 Å². The van der Waals surface area contributed by atoms with Crippen LogP contribution in [0.4, 0.5) is 0 Å². The van der Waals surface area contributed by atoms with Gasteiger partial charge in [-0.2, -0.15) is 5.10 Å². The first-order valence-electron chi connectivity index (χ1n) is 7.27. The summed E-state index contributed by atoms with van der Waals surface area (Å²) in [5, 5.41) is 5.85. The van der Waals surface area contributed by atoms with E-state index >= 15 is 0 Å². The van der Waals surface area contributed by atoms with Crippen LogP contribution in [0, 0.1) is 6.92 Å². The van der Waals surface area contributed by atoms with E-state index in [0.29, 0.717) is 21.8 Å². The summed E-state index contributed by atoms with van der Waals surface area (Å²) in [4.78, 5) is 28.3. The fourth-order valence-corrected chi connectivity index (χ4v) is 2.45. The van der Waals surface area contributed by atoms with Crippen molar-refractivity contribution in [3.05, 3.63) is 69.4 Å². The second-order valence-electron chi connectivity index (χ2n) is 5.24. The van der Waals surface area contributed by atoms with E-state index in [1.807, 2.05) is 12.1 Å². The lowest BCUT2D eigenvalue weighted by molar-refractivity contribution is -0.146.